The average molecular weight is 432 g/mol. The van der Waals surface area contributed by atoms with Crippen LogP contribution in [0.4, 0.5) is 5.82 Å². The number of carbonyl (C=O) groups is 1. The molecule has 0 atom stereocenters. The number of nitrogens with zero attached hydrogens (tertiary/aromatic N) is 5. The van der Waals surface area contributed by atoms with Crippen LogP contribution < -0.4 is 10.5 Å². The fourth-order valence-electron chi connectivity index (χ4n) is 3.67. The third kappa shape index (κ3) is 3.84. The van der Waals surface area contributed by atoms with Crippen molar-refractivity contribution in [3.63, 3.8) is 0 Å². The molecule has 3 heterocycles. The van der Waals surface area contributed by atoms with E-state index in [1.54, 1.807) is 24.9 Å². The lowest BCUT2D eigenvalue weighted by Gasteiger charge is -2.36. The topological polar surface area (TPSA) is 72.6 Å². The maximum atomic E-state index is 12.9. The zero-order valence-corrected chi connectivity index (χ0v) is 19.0. The number of aromatic nitrogens is 1. The van der Waals surface area contributed by atoms with Crippen molar-refractivity contribution in [2.75, 3.05) is 38.1 Å². The third-order valence-electron chi connectivity index (χ3n) is 5.39. The number of thioether (sulfide) groups is 1. The average Bonchev–Trinajstić information content (AvgIpc) is 2.95. The molecule has 0 aromatic carbocycles. The number of rotatable bonds is 3. The normalized spacial score (nSPS) is 19.6. The van der Waals surface area contributed by atoms with Crippen LogP contribution in [0.2, 0.25) is 0 Å². The second kappa shape index (κ2) is 8.30. The minimum absolute atomic E-state index is 0.0265. The van der Waals surface area contributed by atoms with E-state index in [2.05, 4.69) is 16.8 Å². The summed E-state index contributed by atoms with van der Waals surface area (Å²) in [6.45, 7) is 8.91. The molecular formula is C20H25N5O2S2. The van der Waals surface area contributed by atoms with Gasteiger partial charge in [0.2, 0.25) is 0 Å². The Balaban J connectivity index is 2.19. The highest BCUT2D eigenvalue weighted by Gasteiger charge is 2.34. The van der Waals surface area contributed by atoms with Crippen molar-refractivity contribution in [1.82, 2.24) is 14.4 Å². The first kappa shape index (κ1) is 21.6. The lowest BCUT2D eigenvalue weighted by molar-refractivity contribution is -0.123. The number of likely N-dealkylation sites (N-methyl/N-ethyl adjacent to an activating group) is 1. The molecule has 9 heteroatoms. The molecule has 2 aliphatic heterocycles. The molecule has 0 spiro atoms. The molecule has 1 aromatic heterocycles. The smallest absolute Gasteiger partial charge is 0.270 e. The van der Waals surface area contributed by atoms with Crippen molar-refractivity contribution in [2.45, 2.75) is 26.8 Å². The van der Waals surface area contributed by atoms with Crippen LogP contribution in [0.3, 0.4) is 0 Å². The van der Waals surface area contributed by atoms with Crippen LogP contribution in [0.1, 0.15) is 30.5 Å². The Bertz CT molecular complexity index is 998. The Morgan fingerprint density at radius 2 is 1.79 bits per heavy atom. The molecule has 154 valence electrons. The van der Waals surface area contributed by atoms with Crippen LogP contribution >= 0.6 is 24.0 Å². The summed E-state index contributed by atoms with van der Waals surface area (Å²) >= 11 is 6.65. The standard InChI is InChI=1S/C20H25N5O2S2/c1-12(2)25-19(27)16(29-20(25)28)10-14-13(3)15(11-21)18(26)23(5)17(14)24-8-6-22(4)7-9-24/h10,12H,6-9H2,1-5H3/b16-10-. The summed E-state index contributed by atoms with van der Waals surface area (Å²) in [6.07, 6.45) is 1.80. The van der Waals surface area contributed by atoms with E-state index in [1.165, 1.54) is 16.3 Å². The van der Waals surface area contributed by atoms with Crippen LogP contribution in [0, 0.1) is 18.3 Å². The van der Waals surface area contributed by atoms with E-state index in [4.69, 9.17) is 12.2 Å². The first-order valence-electron chi connectivity index (χ1n) is 9.51. The van der Waals surface area contributed by atoms with Crippen molar-refractivity contribution < 1.29 is 4.79 Å². The molecule has 0 N–H and O–H groups in total. The van der Waals surface area contributed by atoms with E-state index in [1.807, 2.05) is 19.9 Å². The number of piperazine rings is 1. The lowest BCUT2D eigenvalue weighted by atomic mass is 10.0. The number of carbonyl (C=O) groups excluding carboxylic acids is 1. The first-order valence-corrected chi connectivity index (χ1v) is 10.7. The number of hydrogen-bond acceptors (Lipinski definition) is 7. The van der Waals surface area contributed by atoms with E-state index in [0.717, 1.165) is 37.6 Å². The van der Waals surface area contributed by atoms with Gasteiger partial charge in [0.05, 0.1) is 4.91 Å². The van der Waals surface area contributed by atoms with Gasteiger partial charge in [-0.15, -0.1) is 0 Å². The zero-order valence-electron chi connectivity index (χ0n) is 17.4. The van der Waals surface area contributed by atoms with Gasteiger partial charge < -0.3 is 9.80 Å². The number of anilines is 1. The summed E-state index contributed by atoms with van der Waals surface area (Å²) in [5.74, 6) is 0.612. The minimum atomic E-state index is -0.314. The Morgan fingerprint density at radius 1 is 1.17 bits per heavy atom. The molecule has 29 heavy (non-hydrogen) atoms. The first-order chi connectivity index (χ1) is 13.7. The molecule has 7 nitrogen and oxygen atoms in total. The molecule has 0 radical (unpaired) electrons. The molecule has 0 unspecified atom stereocenters. The summed E-state index contributed by atoms with van der Waals surface area (Å²) in [6, 6.07) is 2.01. The molecule has 0 bridgehead atoms. The lowest BCUT2D eigenvalue weighted by Crippen LogP contribution is -2.46. The second-order valence-corrected chi connectivity index (χ2v) is 9.32. The maximum Gasteiger partial charge on any atom is 0.270 e. The van der Waals surface area contributed by atoms with E-state index in [-0.39, 0.29) is 23.1 Å². The summed E-state index contributed by atoms with van der Waals surface area (Å²) in [5, 5.41) is 9.55. The van der Waals surface area contributed by atoms with Crippen LogP contribution in [-0.2, 0) is 11.8 Å². The highest BCUT2D eigenvalue weighted by atomic mass is 32.2. The monoisotopic (exact) mass is 431 g/mol. The number of thiocarbonyl (C=S) groups is 1. The summed E-state index contributed by atoms with van der Waals surface area (Å²) in [4.78, 5) is 32.2. The molecule has 2 saturated heterocycles. The summed E-state index contributed by atoms with van der Waals surface area (Å²) in [7, 11) is 3.76. The molecular weight excluding hydrogens is 406 g/mol. The van der Waals surface area contributed by atoms with Gasteiger partial charge in [-0.1, -0.05) is 24.0 Å². The highest BCUT2D eigenvalue weighted by Crippen LogP contribution is 2.36. The van der Waals surface area contributed by atoms with Crippen LogP contribution in [0.25, 0.3) is 6.08 Å². The predicted molar refractivity (Wildman–Crippen MR) is 121 cm³/mol. The molecule has 1 aromatic rings. The van der Waals surface area contributed by atoms with Crippen LogP contribution in [-0.4, -0.2) is 63.9 Å². The van der Waals surface area contributed by atoms with Crippen LogP contribution in [0.15, 0.2) is 9.70 Å². The number of pyridine rings is 1. The Kier molecular flexibility index (Phi) is 6.17. The molecule has 0 aliphatic carbocycles. The van der Waals surface area contributed by atoms with Gasteiger partial charge in [-0.05, 0) is 39.5 Å². The predicted octanol–water partition coefficient (Wildman–Crippen LogP) is 1.93. The molecule has 1 amide bonds. The van der Waals surface area contributed by atoms with E-state index in [9.17, 15) is 14.9 Å². The quantitative estimate of drug-likeness (QED) is 0.535. The van der Waals surface area contributed by atoms with Gasteiger partial charge in [0.1, 0.15) is 21.8 Å². The second-order valence-electron chi connectivity index (χ2n) is 7.65. The van der Waals surface area contributed by atoms with E-state index >= 15 is 0 Å². The van der Waals surface area contributed by atoms with Gasteiger partial charge >= 0.3 is 0 Å². The third-order valence-corrected chi connectivity index (χ3v) is 6.72. The molecule has 3 rings (SSSR count). The highest BCUT2D eigenvalue weighted by molar-refractivity contribution is 8.26. The minimum Gasteiger partial charge on any atom is -0.355 e. The van der Waals surface area contributed by atoms with Crippen molar-refractivity contribution in [2.24, 2.45) is 7.05 Å². The number of amides is 1. The number of nitriles is 1. The fraction of sp³-hybridized carbons (Fsp3) is 0.500. The molecule has 2 aliphatic rings. The van der Waals surface area contributed by atoms with Gasteiger partial charge in [-0.2, -0.15) is 5.26 Å². The Morgan fingerprint density at radius 3 is 2.31 bits per heavy atom. The Labute approximate surface area is 180 Å². The van der Waals surface area contributed by atoms with Crippen LogP contribution in [0.5, 0.6) is 0 Å². The SMILES string of the molecule is Cc1c(/C=C2\SC(=S)N(C(C)C)C2=O)c(N2CCN(C)CC2)n(C)c(=O)c1C#N. The molecule has 2 fully saturated rings. The van der Waals surface area contributed by atoms with Crippen molar-refractivity contribution in [1.29, 1.82) is 5.26 Å². The number of hydrogen-bond donors (Lipinski definition) is 0. The van der Waals surface area contributed by atoms with Crippen molar-refractivity contribution >= 4 is 46.1 Å². The van der Waals surface area contributed by atoms with E-state index < -0.39 is 0 Å². The maximum absolute atomic E-state index is 12.9. The van der Waals surface area contributed by atoms with Gasteiger partial charge in [0.25, 0.3) is 11.5 Å². The molecule has 0 saturated carbocycles. The van der Waals surface area contributed by atoms with Crippen molar-refractivity contribution in [3.8, 4) is 6.07 Å². The Hall–Kier alpha value is -2.15. The van der Waals surface area contributed by atoms with Gasteiger partial charge in [0, 0.05) is 44.8 Å². The van der Waals surface area contributed by atoms with Gasteiger partial charge in [0.15, 0.2) is 0 Å². The van der Waals surface area contributed by atoms with E-state index in [0.29, 0.717) is 14.8 Å². The zero-order chi connectivity index (χ0) is 21.5. The van der Waals surface area contributed by atoms with Gasteiger partial charge in [-0.3, -0.25) is 19.1 Å². The summed E-state index contributed by atoms with van der Waals surface area (Å²) in [5.41, 5.74) is 1.12. The fourth-order valence-corrected chi connectivity index (χ4v) is 5.17. The largest absolute Gasteiger partial charge is 0.355 e. The van der Waals surface area contributed by atoms with Crippen molar-refractivity contribution in [3.05, 3.63) is 31.9 Å². The summed E-state index contributed by atoms with van der Waals surface area (Å²) < 4.78 is 2.06. The van der Waals surface area contributed by atoms with Gasteiger partial charge in [-0.25, -0.2) is 0 Å².